The van der Waals surface area contributed by atoms with Gasteiger partial charge in [0.1, 0.15) is 0 Å². The molecule has 40 heavy (non-hydrogen) atoms. The zero-order chi connectivity index (χ0) is 29.3. The van der Waals surface area contributed by atoms with Gasteiger partial charge in [0.2, 0.25) is 5.91 Å². The lowest BCUT2D eigenvalue weighted by Gasteiger charge is -2.32. The van der Waals surface area contributed by atoms with Gasteiger partial charge >= 0.3 is 18.3 Å². The second-order valence-corrected chi connectivity index (χ2v) is 9.16. The topological polar surface area (TPSA) is 95.7 Å². The summed E-state index contributed by atoms with van der Waals surface area (Å²) in [6, 6.07) is 15.2. The molecule has 0 atom stereocenters. The summed E-state index contributed by atoms with van der Waals surface area (Å²) >= 11 is 0. The van der Waals surface area contributed by atoms with E-state index >= 15 is 0 Å². The van der Waals surface area contributed by atoms with Gasteiger partial charge < -0.3 is 14.9 Å². The highest BCUT2D eigenvalue weighted by atomic mass is 19.4. The summed E-state index contributed by atoms with van der Waals surface area (Å²) in [4.78, 5) is 23.8. The van der Waals surface area contributed by atoms with Crippen LogP contribution in [0, 0.1) is 0 Å². The molecule has 0 radical (unpaired) electrons. The van der Waals surface area contributed by atoms with Gasteiger partial charge in [-0.05, 0) is 37.0 Å². The van der Waals surface area contributed by atoms with Gasteiger partial charge in [-0.1, -0.05) is 47.6 Å². The first-order valence-corrected chi connectivity index (χ1v) is 12.3. The molecule has 1 saturated heterocycles. The Hall–Kier alpha value is -3.87. The number of amides is 1. The second-order valence-electron chi connectivity index (χ2n) is 9.16. The van der Waals surface area contributed by atoms with Gasteiger partial charge in [0.05, 0.1) is 11.8 Å². The molecule has 0 bridgehead atoms. The summed E-state index contributed by atoms with van der Waals surface area (Å²) in [7, 11) is 0. The maximum absolute atomic E-state index is 12.8. The van der Waals surface area contributed by atoms with E-state index in [9.17, 15) is 31.1 Å². The molecule has 2 heterocycles. The fourth-order valence-electron chi connectivity index (χ4n) is 4.11. The van der Waals surface area contributed by atoms with Crippen molar-refractivity contribution in [3.05, 3.63) is 77.5 Å². The number of rotatable bonds is 7. The van der Waals surface area contributed by atoms with Crippen LogP contribution in [0.25, 0.3) is 11.3 Å². The van der Waals surface area contributed by atoms with Crippen molar-refractivity contribution >= 4 is 11.9 Å². The maximum atomic E-state index is 12.8. The van der Waals surface area contributed by atoms with E-state index in [0.717, 1.165) is 44.6 Å². The molecule has 1 aromatic heterocycles. The largest absolute Gasteiger partial charge is 0.490 e. The Morgan fingerprint density at radius 1 is 0.975 bits per heavy atom. The number of nitrogens with one attached hydrogen (secondary N) is 1. The molecule has 1 aliphatic rings. The second kappa shape index (κ2) is 13.5. The predicted molar refractivity (Wildman–Crippen MR) is 132 cm³/mol. The number of nitrogens with zero attached hydrogens (tertiary/aromatic N) is 2. The Morgan fingerprint density at radius 2 is 1.57 bits per heavy atom. The third-order valence-corrected chi connectivity index (χ3v) is 6.18. The summed E-state index contributed by atoms with van der Waals surface area (Å²) < 4.78 is 75.3. The van der Waals surface area contributed by atoms with Gasteiger partial charge in [-0.15, -0.1) is 0 Å². The minimum Gasteiger partial charge on any atom is -0.475 e. The Labute approximate surface area is 225 Å². The van der Waals surface area contributed by atoms with Crippen LogP contribution in [0.15, 0.2) is 65.3 Å². The first-order valence-electron chi connectivity index (χ1n) is 12.3. The highest BCUT2D eigenvalue weighted by molar-refractivity contribution is 5.77. The van der Waals surface area contributed by atoms with Crippen molar-refractivity contribution in [2.24, 2.45) is 0 Å². The van der Waals surface area contributed by atoms with E-state index in [1.807, 2.05) is 18.2 Å². The number of aromatic nitrogens is 1. The van der Waals surface area contributed by atoms with Crippen molar-refractivity contribution in [3.8, 4) is 11.3 Å². The molecule has 0 saturated carbocycles. The van der Waals surface area contributed by atoms with Gasteiger partial charge in [0, 0.05) is 43.2 Å². The number of alkyl halides is 6. The van der Waals surface area contributed by atoms with Gasteiger partial charge in [0.15, 0.2) is 5.76 Å². The zero-order valence-corrected chi connectivity index (χ0v) is 21.1. The van der Waals surface area contributed by atoms with Crippen LogP contribution < -0.4 is 5.32 Å². The van der Waals surface area contributed by atoms with Crippen LogP contribution in [0.1, 0.15) is 36.0 Å². The molecular formula is C27H27F6N3O4. The summed E-state index contributed by atoms with van der Waals surface area (Å²) in [6.07, 6.45) is -5.48. The fraction of sp³-hybridized carbons (Fsp3) is 0.370. The molecule has 0 spiro atoms. The summed E-state index contributed by atoms with van der Waals surface area (Å²) in [5, 5.41) is 14.0. The predicted octanol–water partition coefficient (Wildman–Crippen LogP) is 5.71. The van der Waals surface area contributed by atoms with Crippen molar-refractivity contribution in [3.63, 3.8) is 0 Å². The maximum Gasteiger partial charge on any atom is 0.490 e. The first kappa shape index (κ1) is 30.7. The third kappa shape index (κ3) is 9.40. The monoisotopic (exact) mass is 571 g/mol. The first-order chi connectivity index (χ1) is 18.8. The third-order valence-electron chi connectivity index (χ3n) is 6.18. The molecule has 2 aromatic carbocycles. The quantitative estimate of drug-likeness (QED) is 0.353. The van der Waals surface area contributed by atoms with Crippen LogP contribution in [0.3, 0.4) is 0 Å². The average molecular weight is 572 g/mol. The molecule has 7 nitrogen and oxygen atoms in total. The van der Waals surface area contributed by atoms with E-state index in [1.54, 1.807) is 0 Å². The van der Waals surface area contributed by atoms with E-state index in [4.69, 9.17) is 14.4 Å². The number of carboxylic acid groups (broad SMARTS) is 1. The van der Waals surface area contributed by atoms with Crippen molar-refractivity contribution in [2.45, 2.75) is 50.6 Å². The number of likely N-dealkylation sites (tertiary alicyclic amines) is 1. The van der Waals surface area contributed by atoms with Gasteiger partial charge in [-0.2, -0.15) is 26.3 Å². The molecule has 2 N–H and O–H groups in total. The van der Waals surface area contributed by atoms with E-state index < -0.39 is 23.9 Å². The van der Waals surface area contributed by atoms with Crippen LogP contribution >= 0.6 is 0 Å². The average Bonchev–Trinajstić information content (AvgIpc) is 3.37. The van der Waals surface area contributed by atoms with Gasteiger partial charge in [-0.25, -0.2) is 4.79 Å². The highest BCUT2D eigenvalue weighted by Gasteiger charge is 2.38. The van der Waals surface area contributed by atoms with Crippen LogP contribution in [0.2, 0.25) is 0 Å². The Bertz CT molecular complexity index is 1240. The molecule has 1 fully saturated rings. The molecule has 216 valence electrons. The lowest BCUT2D eigenvalue weighted by atomic mass is 10.0. The van der Waals surface area contributed by atoms with Crippen LogP contribution in [0.5, 0.6) is 0 Å². The van der Waals surface area contributed by atoms with Gasteiger partial charge in [0.25, 0.3) is 0 Å². The number of hydrogen-bond donors (Lipinski definition) is 2. The van der Waals surface area contributed by atoms with Crippen molar-refractivity contribution in [1.29, 1.82) is 0 Å². The summed E-state index contributed by atoms with van der Waals surface area (Å²) in [6.45, 7) is 2.79. The summed E-state index contributed by atoms with van der Waals surface area (Å²) in [5.74, 6) is -2.41. The number of halogens is 6. The number of piperidine rings is 1. The van der Waals surface area contributed by atoms with E-state index in [2.05, 4.69) is 27.5 Å². The molecule has 3 aromatic rings. The minimum atomic E-state index is -5.08. The van der Waals surface area contributed by atoms with Crippen LogP contribution in [0.4, 0.5) is 26.3 Å². The number of aliphatic carboxylic acids is 1. The van der Waals surface area contributed by atoms with Crippen LogP contribution in [-0.2, 0) is 28.7 Å². The van der Waals surface area contributed by atoms with Gasteiger partial charge in [-0.3, -0.25) is 9.69 Å². The number of carbonyl (C=O) groups excluding carboxylic acids is 1. The standard InChI is InChI=1S/C25H26F3N3O2.C2HF3O2/c26-25(27,28)21-9-6-19(7-10-21)24-20(16-29-33-24)8-11-23(32)30-22-12-14-31(15-13-22)17-18-4-2-1-3-5-18;3-2(4,5)1(6)7/h1-7,9-10,16,22H,8,11-15,17H2,(H,30,32);(H,6,7). The van der Waals surface area contributed by atoms with Crippen molar-refractivity contribution < 1.29 is 45.6 Å². The number of carboxylic acids is 1. The number of aryl methyl sites for hydroxylation is 1. The zero-order valence-electron chi connectivity index (χ0n) is 21.1. The van der Waals surface area contributed by atoms with E-state index in [1.165, 1.54) is 23.9 Å². The normalized spacial score (nSPS) is 14.8. The molecule has 1 amide bonds. The number of benzene rings is 2. The van der Waals surface area contributed by atoms with Crippen molar-refractivity contribution in [1.82, 2.24) is 15.4 Å². The number of carbonyl (C=O) groups is 2. The lowest BCUT2D eigenvalue weighted by molar-refractivity contribution is -0.192. The van der Waals surface area contributed by atoms with Crippen LogP contribution in [-0.4, -0.2) is 52.3 Å². The molecule has 1 aliphatic heterocycles. The Balaban J connectivity index is 0.000000559. The SMILES string of the molecule is O=C(CCc1cnoc1-c1ccc(C(F)(F)F)cc1)NC1CCN(Cc2ccccc2)CC1.O=C(O)C(F)(F)F. The molecular weight excluding hydrogens is 544 g/mol. The summed E-state index contributed by atoms with van der Waals surface area (Å²) in [5.41, 5.74) is 1.77. The van der Waals surface area contributed by atoms with Crippen molar-refractivity contribution in [2.75, 3.05) is 13.1 Å². The Morgan fingerprint density at radius 3 is 2.12 bits per heavy atom. The molecule has 4 rings (SSSR count). The minimum absolute atomic E-state index is 0.0453. The molecule has 0 unspecified atom stereocenters. The molecule has 0 aliphatic carbocycles. The smallest absolute Gasteiger partial charge is 0.475 e. The highest BCUT2D eigenvalue weighted by Crippen LogP contribution is 2.32. The van der Waals surface area contributed by atoms with E-state index in [0.29, 0.717) is 23.3 Å². The Kier molecular flexibility index (Phi) is 10.3. The number of hydrogen-bond acceptors (Lipinski definition) is 5. The van der Waals surface area contributed by atoms with E-state index in [-0.39, 0.29) is 18.4 Å². The fourth-order valence-corrected chi connectivity index (χ4v) is 4.11. The lowest BCUT2D eigenvalue weighted by Crippen LogP contribution is -2.44. The molecule has 13 heteroatoms.